The van der Waals surface area contributed by atoms with E-state index in [0.717, 1.165) is 25.1 Å². The topological polar surface area (TPSA) is 15.3 Å². The summed E-state index contributed by atoms with van der Waals surface area (Å²) >= 11 is 0. The first-order valence-corrected chi connectivity index (χ1v) is 5.70. The zero-order valence-corrected chi connectivity index (χ0v) is 10.3. The molecule has 0 aliphatic rings. The van der Waals surface area contributed by atoms with Crippen LogP contribution in [0.2, 0.25) is 0 Å². The molecular weight excluding hydrogens is 203 g/mol. The standard InChI is InChI=1S/C13H21FN2/c1-11(15-7-8-16(2)3)9-12-5-4-6-13(14)10-12/h4-6,10-11,15H,7-9H2,1-3H3. The molecule has 0 radical (unpaired) electrons. The summed E-state index contributed by atoms with van der Waals surface area (Å²) in [7, 11) is 4.11. The Morgan fingerprint density at radius 2 is 2.12 bits per heavy atom. The fourth-order valence-corrected chi connectivity index (χ4v) is 1.62. The van der Waals surface area contributed by atoms with E-state index in [2.05, 4.69) is 31.2 Å². The molecule has 0 aliphatic heterocycles. The van der Waals surface area contributed by atoms with Gasteiger partial charge in [-0.3, -0.25) is 0 Å². The van der Waals surface area contributed by atoms with E-state index in [9.17, 15) is 4.39 Å². The molecule has 0 bridgehead atoms. The predicted octanol–water partition coefficient (Wildman–Crippen LogP) is 1.91. The number of nitrogens with one attached hydrogen (secondary N) is 1. The fourth-order valence-electron chi connectivity index (χ4n) is 1.62. The summed E-state index contributed by atoms with van der Waals surface area (Å²) in [6.07, 6.45) is 0.866. The van der Waals surface area contributed by atoms with Gasteiger partial charge in [-0.25, -0.2) is 4.39 Å². The van der Waals surface area contributed by atoms with Crippen molar-refractivity contribution in [2.75, 3.05) is 27.2 Å². The molecule has 0 spiro atoms. The molecule has 0 aromatic heterocycles. The molecular formula is C13H21FN2. The number of halogens is 1. The first-order valence-electron chi connectivity index (χ1n) is 5.70. The minimum absolute atomic E-state index is 0.155. The van der Waals surface area contributed by atoms with Gasteiger partial charge in [0.15, 0.2) is 0 Å². The number of benzene rings is 1. The van der Waals surface area contributed by atoms with Crippen molar-refractivity contribution < 1.29 is 4.39 Å². The minimum Gasteiger partial charge on any atom is -0.313 e. The van der Waals surface area contributed by atoms with Crippen LogP contribution >= 0.6 is 0 Å². The molecule has 1 atom stereocenters. The zero-order chi connectivity index (χ0) is 12.0. The van der Waals surface area contributed by atoms with Crippen molar-refractivity contribution >= 4 is 0 Å². The Morgan fingerprint density at radius 3 is 2.75 bits per heavy atom. The van der Waals surface area contributed by atoms with Crippen molar-refractivity contribution in [3.05, 3.63) is 35.6 Å². The number of hydrogen-bond acceptors (Lipinski definition) is 2. The van der Waals surface area contributed by atoms with Gasteiger partial charge < -0.3 is 10.2 Å². The van der Waals surface area contributed by atoms with Gasteiger partial charge in [0.2, 0.25) is 0 Å². The van der Waals surface area contributed by atoms with Gasteiger partial charge in [-0.15, -0.1) is 0 Å². The number of nitrogens with zero attached hydrogens (tertiary/aromatic N) is 1. The van der Waals surface area contributed by atoms with Crippen molar-refractivity contribution in [2.45, 2.75) is 19.4 Å². The van der Waals surface area contributed by atoms with Crippen LogP contribution in [0.5, 0.6) is 0 Å². The predicted molar refractivity (Wildman–Crippen MR) is 66.1 cm³/mol. The number of likely N-dealkylation sites (N-methyl/N-ethyl adjacent to an activating group) is 1. The molecule has 1 unspecified atom stereocenters. The lowest BCUT2D eigenvalue weighted by Crippen LogP contribution is -2.34. The maximum Gasteiger partial charge on any atom is 0.123 e. The van der Waals surface area contributed by atoms with Gasteiger partial charge in [0, 0.05) is 19.1 Å². The average molecular weight is 224 g/mol. The first-order chi connectivity index (χ1) is 7.58. The third-order valence-electron chi connectivity index (χ3n) is 2.48. The van der Waals surface area contributed by atoms with Crippen LogP contribution in [0, 0.1) is 5.82 Å². The second-order valence-electron chi connectivity index (χ2n) is 4.49. The van der Waals surface area contributed by atoms with E-state index < -0.39 is 0 Å². The summed E-state index contributed by atoms with van der Waals surface area (Å²) in [6, 6.07) is 7.18. The lowest BCUT2D eigenvalue weighted by molar-refractivity contribution is 0.387. The molecule has 3 heteroatoms. The molecule has 0 heterocycles. The van der Waals surface area contributed by atoms with Crippen molar-refractivity contribution in [3.63, 3.8) is 0 Å². The van der Waals surface area contributed by atoms with Crippen LogP contribution in [0.25, 0.3) is 0 Å². The van der Waals surface area contributed by atoms with E-state index in [-0.39, 0.29) is 5.82 Å². The van der Waals surface area contributed by atoms with Gasteiger partial charge in [0.1, 0.15) is 5.82 Å². The Hall–Kier alpha value is -0.930. The normalized spacial score (nSPS) is 13.1. The van der Waals surface area contributed by atoms with Gasteiger partial charge in [-0.05, 0) is 45.1 Å². The number of rotatable bonds is 6. The third kappa shape index (κ3) is 5.24. The molecule has 0 amide bonds. The summed E-state index contributed by atoms with van der Waals surface area (Å²) < 4.78 is 12.9. The summed E-state index contributed by atoms with van der Waals surface area (Å²) in [4.78, 5) is 2.14. The lowest BCUT2D eigenvalue weighted by Gasteiger charge is -2.16. The van der Waals surface area contributed by atoms with E-state index in [1.165, 1.54) is 6.07 Å². The highest BCUT2D eigenvalue weighted by Crippen LogP contribution is 2.06. The largest absolute Gasteiger partial charge is 0.313 e. The fraction of sp³-hybridized carbons (Fsp3) is 0.538. The van der Waals surface area contributed by atoms with E-state index in [0.29, 0.717) is 6.04 Å². The summed E-state index contributed by atoms with van der Waals surface area (Å²) in [5, 5.41) is 3.42. The Kier molecular flexibility index (Phi) is 5.43. The Labute approximate surface area is 97.5 Å². The molecule has 0 saturated heterocycles. The van der Waals surface area contributed by atoms with Crippen LogP contribution in [0.15, 0.2) is 24.3 Å². The first kappa shape index (κ1) is 13.1. The summed E-state index contributed by atoms with van der Waals surface area (Å²) in [5.74, 6) is -0.155. The van der Waals surface area contributed by atoms with Crippen molar-refractivity contribution in [1.82, 2.24) is 10.2 Å². The highest BCUT2D eigenvalue weighted by molar-refractivity contribution is 5.17. The van der Waals surface area contributed by atoms with Gasteiger partial charge in [0.05, 0.1) is 0 Å². The van der Waals surface area contributed by atoms with Crippen LogP contribution in [0.3, 0.4) is 0 Å². The van der Waals surface area contributed by atoms with E-state index in [4.69, 9.17) is 0 Å². The number of hydrogen-bond donors (Lipinski definition) is 1. The van der Waals surface area contributed by atoms with Crippen molar-refractivity contribution in [3.8, 4) is 0 Å². The average Bonchev–Trinajstić information content (AvgIpc) is 2.16. The zero-order valence-electron chi connectivity index (χ0n) is 10.3. The molecule has 1 rings (SSSR count). The molecule has 90 valence electrons. The van der Waals surface area contributed by atoms with E-state index in [1.54, 1.807) is 12.1 Å². The van der Waals surface area contributed by atoms with Crippen LogP contribution in [0.1, 0.15) is 12.5 Å². The summed E-state index contributed by atoms with van der Waals surface area (Å²) in [6.45, 7) is 4.11. The lowest BCUT2D eigenvalue weighted by atomic mass is 10.1. The van der Waals surface area contributed by atoms with Crippen molar-refractivity contribution in [1.29, 1.82) is 0 Å². The Balaban J connectivity index is 2.31. The van der Waals surface area contributed by atoms with Gasteiger partial charge in [-0.2, -0.15) is 0 Å². The van der Waals surface area contributed by atoms with E-state index >= 15 is 0 Å². The molecule has 2 nitrogen and oxygen atoms in total. The van der Waals surface area contributed by atoms with E-state index in [1.807, 2.05) is 6.07 Å². The Bertz CT molecular complexity index is 313. The van der Waals surface area contributed by atoms with Crippen molar-refractivity contribution in [2.24, 2.45) is 0 Å². The molecule has 0 aliphatic carbocycles. The molecule has 1 aromatic rings. The van der Waals surface area contributed by atoms with Gasteiger partial charge in [-0.1, -0.05) is 12.1 Å². The summed E-state index contributed by atoms with van der Waals surface area (Å²) in [5.41, 5.74) is 1.05. The molecule has 1 N–H and O–H groups in total. The van der Waals surface area contributed by atoms with Gasteiger partial charge >= 0.3 is 0 Å². The van der Waals surface area contributed by atoms with Crippen LogP contribution in [0.4, 0.5) is 4.39 Å². The van der Waals surface area contributed by atoms with Crippen LogP contribution < -0.4 is 5.32 Å². The molecule has 1 aromatic carbocycles. The quantitative estimate of drug-likeness (QED) is 0.794. The SMILES string of the molecule is CC(Cc1cccc(F)c1)NCCN(C)C. The maximum atomic E-state index is 12.9. The van der Waals surface area contributed by atoms with Gasteiger partial charge in [0.25, 0.3) is 0 Å². The second-order valence-corrected chi connectivity index (χ2v) is 4.49. The smallest absolute Gasteiger partial charge is 0.123 e. The second kappa shape index (κ2) is 6.61. The molecule has 0 saturated carbocycles. The molecule has 16 heavy (non-hydrogen) atoms. The molecule has 0 fully saturated rings. The van der Waals surface area contributed by atoms with Crippen LogP contribution in [-0.2, 0) is 6.42 Å². The highest BCUT2D eigenvalue weighted by atomic mass is 19.1. The highest BCUT2D eigenvalue weighted by Gasteiger charge is 2.03. The third-order valence-corrected chi connectivity index (χ3v) is 2.48. The Morgan fingerprint density at radius 1 is 1.38 bits per heavy atom. The minimum atomic E-state index is -0.155. The van der Waals surface area contributed by atoms with Crippen LogP contribution in [-0.4, -0.2) is 38.1 Å². The maximum absolute atomic E-state index is 12.9. The monoisotopic (exact) mass is 224 g/mol.